The molecule has 0 heterocycles. The summed E-state index contributed by atoms with van der Waals surface area (Å²) in [4.78, 5) is 24.0. The van der Waals surface area contributed by atoms with E-state index < -0.39 is 0 Å². The van der Waals surface area contributed by atoms with Crippen LogP contribution < -0.4 is 20.7 Å². The van der Waals surface area contributed by atoms with Crippen LogP contribution in [0.2, 0.25) is 0 Å². The largest absolute Gasteiger partial charge is 0.457 e. The molecule has 0 saturated carbocycles. The summed E-state index contributed by atoms with van der Waals surface area (Å²) in [5, 5.41) is 8.41. The predicted octanol–water partition coefficient (Wildman–Crippen LogP) is 4.76. The summed E-state index contributed by atoms with van der Waals surface area (Å²) in [5.41, 5.74) is 2.36. The van der Waals surface area contributed by atoms with Crippen LogP contribution in [0.5, 0.6) is 11.5 Å². The smallest absolute Gasteiger partial charge is 0.315 e. The van der Waals surface area contributed by atoms with Crippen molar-refractivity contribution in [2.75, 3.05) is 0 Å². The number of rotatable bonds is 8. The number of amides is 3. The Labute approximate surface area is 186 Å². The van der Waals surface area contributed by atoms with Crippen molar-refractivity contribution in [3.63, 3.8) is 0 Å². The number of carbonyl (C=O) groups is 2. The maximum absolute atomic E-state index is 13.0. The highest BCUT2D eigenvalue weighted by molar-refractivity contribution is 5.94. The maximum atomic E-state index is 13.0. The molecule has 0 bridgehead atoms. The van der Waals surface area contributed by atoms with Crippen molar-refractivity contribution < 1.29 is 18.7 Å². The fourth-order valence-corrected chi connectivity index (χ4v) is 2.87. The minimum Gasteiger partial charge on any atom is -0.457 e. The highest BCUT2D eigenvalue weighted by atomic mass is 19.1. The van der Waals surface area contributed by atoms with E-state index in [1.54, 1.807) is 36.4 Å². The van der Waals surface area contributed by atoms with Gasteiger partial charge in [0, 0.05) is 24.7 Å². The first-order valence-corrected chi connectivity index (χ1v) is 10.3. The fourth-order valence-electron chi connectivity index (χ4n) is 2.87. The van der Waals surface area contributed by atoms with Gasteiger partial charge in [-0.05, 0) is 73.5 Å². The van der Waals surface area contributed by atoms with E-state index in [0.717, 1.165) is 11.1 Å². The van der Waals surface area contributed by atoms with Crippen molar-refractivity contribution in [2.45, 2.75) is 33.0 Å². The van der Waals surface area contributed by atoms with Gasteiger partial charge in [-0.3, -0.25) is 4.79 Å². The number of hydrogen-bond acceptors (Lipinski definition) is 3. The normalized spacial score (nSPS) is 10.5. The van der Waals surface area contributed by atoms with Gasteiger partial charge in [0.2, 0.25) is 0 Å². The van der Waals surface area contributed by atoms with Gasteiger partial charge in [0.15, 0.2) is 0 Å². The molecular formula is C25H26FN3O3. The molecule has 3 N–H and O–H groups in total. The molecule has 3 aromatic rings. The summed E-state index contributed by atoms with van der Waals surface area (Å²) in [5.74, 6) is 0.669. The molecule has 0 aliphatic heterocycles. The van der Waals surface area contributed by atoms with E-state index in [4.69, 9.17) is 4.74 Å². The van der Waals surface area contributed by atoms with Crippen molar-refractivity contribution in [3.8, 4) is 11.5 Å². The van der Waals surface area contributed by atoms with Crippen LogP contribution in [0.3, 0.4) is 0 Å². The number of nitrogens with one attached hydrogen (secondary N) is 3. The third-order valence-electron chi connectivity index (χ3n) is 4.51. The highest BCUT2D eigenvalue weighted by Gasteiger charge is 2.07. The van der Waals surface area contributed by atoms with Gasteiger partial charge in [-0.25, -0.2) is 9.18 Å². The summed E-state index contributed by atoms with van der Waals surface area (Å²) in [6.07, 6.45) is 0. The van der Waals surface area contributed by atoms with Crippen LogP contribution in [0.1, 0.15) is 35.3 Å². The molecule has 0 fully saturated rings. The van der Waals surface area contributed by atoms with Crippen molar-refractivity contribution in [1.29, 1.82) is 0 Å². The Morgan fingerprint density at radius 1 is 0.781 bits per heavy atom. The van der Waals surface area contributed by atoms with Gasteiger partial charge in [-0.15, -0.1) is 0 Å². The molecule has 0 aliphatic carbocycles. The molecule has 3 aromatic carbocycles. The average Bonchev–Trinajstić information content (AvgIpc) is 2.78. The van der Waals surface area contributed by atoms with E-state index in [1.165, 1.54) is 12.1 Å². The van der Waals surface area contributed by atoms with Crippen molar-refractivity contribution >= 4 is 11.9 Å². The van der Waals surface area contributed by atoms with Crippen molar-refractivity contribution in [1.82, 2.24) is 16.0 Å². The van der Waals surface area contributed by atoms with Gasteiger partial charge < -0.3 is 20.7 Å². The maximum Gasteiger partial charge on any atom is 0.315 e. The van der Waals surface area contributed by atoms with Crippen LogP contribution in [0, 0.1) is 5.82 Å². The molecule has 6 nitrogen and oxygen atoms in total. The molecule has 0 unspecified atom stereocenters. The van der Waals surface area contributed by atoms with Crippen LogP contribution in [-0.4, -0.2) is 18.0 Å². The molecule has 0 aliphatic rings. The quantitative estimate of drug-likeness (QED) is 0.478. The number of urea groups is 1. The summed E-state index contributed by atoms with van der Waals surface area (Å²) in [6, 6.07) is 20.0. The van der Waals surface area contributed by atoms with Gasteiger partial charge in [-0.1, -0.05) is 24.3 Å². The van der Waals surface area contributed by atoms with Crippen LogP contribution in [0.15, 0.2) is 72.8 Å². The van der Waals surface area contributed by atoms with Crippen molar-refractivity contribution in [2.24, 2.45) is 0 Å². The lowest BCUT2D eigenvalue weighted by Crippen LogP contribution is -2.39. The standard InChI is InChI=1S/C25H26FN3O3/c1-17(2)29-25(31)28-16-18-3-7-20(8-4-18)24(30)27-15-19-5-11-22(12-6-19)32-23-13-9-21(26)10-14-23/h3-14,17H,15-16H2,1-2H3,(H,27,30)(H2,28,29,31). The molecule has 0 radical (unpaired) electrons. The Morgan fingerprint density at radius 3 is 1.84 bits per heavy atom. The molecule has 0 atom stereocenters. The summed E-state index contributed by atoms with van der Waals surface area (Å²) >= 11 is 0. The second kappa shape index (κ2) is 10.9. The monoisotopic (exact) mass is 435 g/mol. The number of carbonyl (C=O) groups excluding carboxylic acids is 2. The zero-order valence-corrected chi connectivity index (χ0v) is 18.0. The van der Waals surface area contributed by atoms with Crippen LogP contribution in [0.25, 0.3) is 0 Å². The molecule has 3 amide bonds. The van der Waals surface area contributed by atoms with Crippen LogP contribution >= 0.6 is 0 Å². The Kier molecular flexibility index (Phi) is 7.80. The average molecular weight is 435 g/mol. The highest BCUT2D eigenvalue weighted by Crippen LogP contribution is 2.21. The summed E-state index contributed by atoms with van der Waals surface area (Å²) in [7, 11) is 0. The lowest BCUT2D eigenvalue weighted by Gasteiger charge is -2.11. The van der Waals surface area contributed by atoms with Crippen LogP contribution in [0.4, 0.5) is 9.18 Å². The Morgan fingerprint density at radius 2 is 1.28 bits per heavy atom. The van der Waals surface area contributed by atoms with E-state index >= 15 is 0 Å². The molecule has 0 saturated heterocycles. The Hall–Kier alpha value is -3.87. The first-order valence-electron chi connectivity index (χ1n) is 10.3. The first kappa shape index (κ1) is 22.8. The van der Waals surface area contributed by atoms with Crippen LogP contribution in [-0.2, 0) is 13.1 Å². The zero-order chi connectivity index (χ0) is 22.9. The van der Waals surface area contributed by atoms with Gasteiger partial charge in [-0.2, -0.15) is 0 Å². The Bertz CT molecular complexity index is 1030. The summed E-state index contributed by atoms with van der Waals surface area (Å²) < 4.78 is 18.6. The SMILES string of the molecule is CC(C)NC(=O)NCc1ccc(C(=O)NCc2ccc(Oc3ccc(F)cc3)cc2)cc1. The van der Waals surface area contributed by atoms with E-state index in [2.05, 4.69) is 16.0 Å². The third-order valence-corrected chi connectivity index (χ3v) is 4.51. The number of halogens is 1. The van der Waals surface area contributed by atoms with Gasteiger partial charge >= 0.3 is 6.03 Å². The van der Waals surface area contributed by atoms with Crippen molar-refractivity contribution in [3.05, 3.63) is 95.3 Å². The molecule has 0 spiro atoms. The number of benzene rings is 3. The number of hydrogen-bond donors (Lipinski definition) is 3. The second-order valence-electron chi connectivity index (χ2n) is 7.56. The molecule has 166 valence electrons. The minimum absolute atomic E-state index is 0.0691. The van der Waals surface area contributed by atoms with Gasteiger partial charge in [0.05, 0.1) is 0 Å². The fraction of sp³-hybridized carbons (Fsp3) is 0.200. The molecule has 32 heavy (non-hydrogen) atoms. The topological polar surface area (TPSA) is 79.5 Å². The predicted molar refractivity (Wildman–Crippen MR) is 121 cm³/mol. The minimum atomic E-state index is -0.316. The molecule has 3 rings (SSSR count). The molecular weight excluding hydrogens is 409 g/mol. The Balaban J connectivity index is 1.46. The van der Waals surface area contributed by atoms with Gasteiger partial charge in [0.25, 0.3) is 5.91 Å². The summed E-state index contributed by atoms with van der Waals surface area (Å²) in [6.45, 7) is 4.54. The lowest BCUT2D eigenvalue weighted by atomic mass is 10.1. The number of ether oxygens (including phenoxy) is 1. The zero-order valence-electron chi connectivity index (χ0n) is 18.0. The molecule has 7 heteroatoms. The molecule has 0 aromatic heterocycles. The first-order chi connectivity index (χ1) is 15.4. The van der Waals surface area contributed by atoms with E-state index in [-0.39, 0.29) is 23.8 Å². The van der Waals surface area contributed by atoms with E-state index in [0.29, 0.717) is 30.2 Å². The van der Waals surface area contributed by atoms with Gasteiger partial charge in [0.1, 0.15) is 17.3 Å². The second-order valence-corrected chi connectivity index (χ2v) is 7.56. The lowest BCUT2D eigenvalue weighted by molar-refractivity contribution is 0.0951. The third kappa shape index (κ3) is 7.12. The van der Waals surface area contributed by atoms with E-state index in [1.807, 2.05) is 38.1 Å². The van der Waals surface area contributed by atoms with E-state index in [9.17, 15) is 14.0 Å².